The zero-order chi connectivity index (χ0) is 26.7. The Hall–Kier alpha value is -3.27. The van der Waals surface area contributed by atoms with Crippen molar-refractivity contribution in [3.63, 3.8) is 0 Å². The summed E-state index contributed by atoms with van der Waals surface area (Å²) < 4.78 is 35.2. The van der Waals surface area contributed by atoms with Crippen LogP contribution in [0.1, 0.15) is 29.9 Å². The number of aliphatic hydroxyl groups excluding tert-OH is 1. The molecule has 1 aliphatic rings. The Kier molecular flexibility index (Phi) is 7.96. The van der Waals surface area contributed by atoms with Crippen LogP contribution in [0.3, 0.4) is 0 Å². The van der Waals surface area contributed by atoms with Crippen LogP contribution in [0.5, 0.6) is 5.75 Å². The number of hydrogen-bond acceptors (Lipinski definition) is 6. The number of nitrogens with zero attached hydrogens (tertiary/aromatic N) is 3. The third-order valence-electron chi connectivity index (χ3n) is 6.81. The molecule has 1 amide bonds. The molecule has 2 heterocycles. The van der Waals surface area contributed by atoms with Gasteiger partial charge in [-0.1, -0.05) is 43.3 Å². The first kappa shape index (κ1) is 26.8. The average Bonchev–Trinajstić information content (AvgIpc) is 2.90. The van der Waals surface area contributed by atoms with E-state index in [0.29, 0.717) is 5.69 Å². The Morgan fingerprint density at radius 1 is 1.19 bits per heavy atom. The van der Waals surface area contributed by atoms with Gasteiger partial charge in [0.2, 0.25) is 10.0 Å². The quantitative estimate of drug-likeness (QED) is 0.530. The number of carbonyl (C=O) groups is 1. The highest BCUT2D eigenvalue weighted by Crippen LogP contribution is 2.37. The minimum atomic E-state index is -3.95. The molecule has 0 saturated heterocycles. The standard InChI is InChI=1S/C28H33N3O5S/c1-19-9-5-6-10-23(19)22-12-13-27-25(15-22)36-26(17-30(4)28(33)24-11-7-8-14-29-24)20(2)16-31(21(3)18-32)37(27,34)35/h5-15,20-21,26,32H,16-18H2,1-4H3/t20-,21+,26-/m1/s1. The number of aliphatic hydroxyl groups is 1. The second-order valence-electron chi connectivity index (χ2n) is 9.62. The van der Waals surface area contributed by atoms with E-state index in [1.807, 2.05) is 38.1 Å². The number of fused-ring (bicyclic) bond motifs is 1. The van der Waals surface area contributed by atoms with Crippen molar-refractivity contribution < 1.29 is 23.1 Å². The Morgan fingerprint density at radius 3 is 2.59 bits per heavy atom. The fraction of sp³-hybridized carbons (Fsp3) is 0.357. The van der Waals surface area contributed by atoms with Gasteiger partial charge in [0.05, 0.1) is 13.2 Å². The number of likely N-dealkylation sites (N-methyl/N-ethyl adjacent to an activating group) is 1. The van der Waals surface area contributed by atoms with Crippen molar-refractivity contribution >= 4 is 15.9 Å². The number of pyridine rings is 1. The van der Waals surface area contributed by atoms with E-state index in [9.17, 15) is 18.3 Å². The number of rotatable bonds is 6. The third-order valence-corrected chi connectivity index (χ3v) is 8.83. The van der Waals surface area contributed by atoms with Crippen LogP contribution < -0.4 is 4.74 Å². The highest BCUT2D eigenvalue weighted by molar-refractivity contribution is 7.89. The maximum Gasteiger partial charge on any atom is 0.272 e. The van der Waals surface area contributed by atoms with Gasteiger partial charge in [0.15, 0.2) is 0 Å². The number of hydrogen-bond donors (Lipinski definition) is 1. The fourth-order valence-corrected chi connectivity index (χ4v) is 6.37. The third kappa shape index (κ3) is 5.53. The molecule has 2 aromatic carbocycles. The van der Waals surface area contributed by atoms with Gasteiger partial charge in [-0.3, -0.25) is 9.78 Å². The number of amides is 1. The van der Waals surface area contributed by atoms with Crippen LogP contribution in [0.2, 0.25) is 0 Å². The highest BCUT2D eigenvalue weighted by Gasteiger charge is 2.38. The molecule has 1 aromatic heterocycles. The Bertz CT molecular complexity index is 1360. The van der Waals surface area contributed by atoms with Crippen LogP contribution in [-0.4, -0.2) is 72.5 Å². The summed E-state index contributed by atoms with van der Waals surface area (Å²) in [4.78, 5) is 18.7. The second kappa shape index (κ2) is 11.0. The van der Waals surface area contributed by atoms with Crippen LogP contribution in [0.15, 0.2) is 71.8 Å². The van der Waals surface area contributed by atoms with E-state index in [2.05, 4.69) is 4.98 Å². The van der Waals surface area contributed by atoms with Crippen molar-refractivity contribution in [3.05, 3.63) is 78.1 Å². The van der Waals surface area contributed by atoms with E-state index < -0.39 is 22.2 Å². The predicted molar refractivity (Wildman–Crippen MR) is 142 cm³/mol. The van der Waals surface area contributed by atoms with Crippen molar-refractivity contribution in [2.75, 3.05) is 26.7 Å². The average molecular weight is 524 g/mol. The van der Waals surface area contributed by atoms with Gasteiger partial charge in [-0.25, -0.2) is 8.42 Å². The normalized spacial score (nSPS) is 20.1. The molecule has 0 saturated carbocycles. The predicted octanol–water partition coefficient (Wildman–Crippen LogP) is 3.60. The van der Waals surface area contributed by atoms with Gasteiger partial charge in [0, 0.05) is 31.7 Å². The lowest BCUT2D eigenvalue weighted by Crippen LogP contribution is -2.50. The smallest absolute Gasteiger partial charge is 0.272 e. The maximum atomic E-state index is 13.7. The summed E-state index contributed by atoms with van der Waals surface area (Å²) in [6, 6.07) is 17.5. The molecule has 8 nitrogen and oxygen atoms in total. The molecule has 0 bridgehead atoms. The van der Waals surface area contributed by atoms with E-state index in [1.54, 1.807) is 61.5 Å². The molecule has 0 spiro atoms. The first-order valence-corrected chi connectivity index (χ1v) is 13.7. The zero-order valence-electron chi connectivity index (χ0n) is 21.5. The molecule has 1 aliphatic heterocycles. The Balaban J connectivity index is 1.76. The first-order chi connectivity index (χ1) is 17.6. The van der Waals surface area contributed by atoms with Crippen LogP contribution in [0.4, 0.5) is 0 Å². The summed E-state index contributed by atoms with van der Waals surface area (Å²) >= 11 is 0. The van der Waals surface area contributed by atoms with Gasteiger partial charge in [0.1, 0.15) is 22.4 Å². The molecule has 1 N–H and O–H groups in total. The molecule has 0 aliphatic carbocycles. The Labute approximate surface area is 218 Å². The summed E-state index contributed by atoms with van der Waals surface area (Å²) in [5.41, 5.74) is 3.18. The summed E-state index contributed by atoms with van der Waals surface area (Å²) in [5, 5.41) is 9.85. The lowest BCUT2D eigenvalue weighted by Gasteiger charge is -2.37. The summed E-state index contributed by atoms with van der Waals surface area (Å²) in [6.07, 6.45) is 1.06. The topological polar surface area (TPSA) is 100 Å². The molecule has 0 unspecified atom stereocenters. The number of ether oxygens (including phenoxy) is 1. The lowest BCUT2D eigenvalue weighted by molar-refractivity contribution is 0.0560. The molecular weight excluding hydrogens is 490 g/mol. The van der Waals surface area contributed by atoms with Gasteiger partial charge in [-0.05, 0) is 54.8 Å². The van der Waals surface area contributed by atoms with Crippen molar-refractivity contribution in [3.8, 4) is 16.9 Å². The summed E-state index contributed by atoms with van der Waals surface area (Å²) in [6.45, 7) is 5.63. The van der Waals surface area contributed by atoms with E-state index in [0.717, 1.165) is 16.7 Å². The van der Waals surface area contributed by atoms with Gasteiger partial charge in [-0.2, -0.15) is 4.31 Å². The van der Waals surface area contributed by atoms with Crippen molar-refractivity contribution in [2.45, 2.75) is 37.8 Å². The van der Waals surface area contributed by atoms with Gasteiger partial charge in [0.25, 0.3) is 5.91 Å². The van der Waals surface area contributed by atoms with Crippen LogP contribution in [0, 0.1) is 12.8 Å². The van der Waals surface area contributed by atoms with E-state index in [-0.39, 0.29) is 42.2 Å². The van der Waals surface area contributed by atoms with Crippen molar-refractivity contribution in [1.29, 1.82) is 0 Å². The molecular formula is C28H33N3O5S. The number of benzene rings is 2. The van der Waals surface area contributed by atoms with Crippen molar-refractivity contribution in [1.82, 2.24) is 14.2 Å². The van der Waals surface area contributed by atoms with Crippen LogP contribution in [0.25, 0.3) is 11.1 Å². The number of aryl methyl sites for hydroxylation is 1. The van der Waals surface area contributed by atoms with Crippen LogP contribution >= 0.6 is 0 Å². The maximum absolute atomic E-state index is 13.7. The Morgan fingerprint density at radius 2 is 1.92 bits per heavy atom. The number of sulfonamides is 1. The molecule has 9 heteroatoms. The highest BCUT2D eigenvalue weighted by atomic mass is 32.2. The minimum Gasteiger partial charge on any atom is -0.487 e. The van der Waals surface area contributed by atoms with Crippen LogP contribution in [-0.2, 0) is 10.0 Å². The molecule has 4 rings (SSSR count). The molecule has 3 atom stereocenters. The largest absolute Gasteiger partial charge is 0.487 e. The molecule has 3 aromatic rings. The SMILES string of the molecule is Cc1ccccc1-c1ccc2c(c1)O[C@H](CN(C)C(=O)c1ccccn1)[C@H](C)CN([C@@H](C)CO)S2(=O)=O. The number of aromatic nitrogens is 1. The molecule has 37 heavy (non-hydrogen) atoms. The first-order valence-electron chi connectivity index (χ1n) is 12.3. The lowest BCUT2D eigenvalue weighted by atomic mass is 10.00. The molecule has 0 fully saturated rings. The minimum absolute atomic E-state index is 0.0424. The molecule has 196 valence electrons. The van der Waals surface area contributed by atoms with Gasteiger partial charge >= 0.3 is 0 Å². The molecule has 0 radical (unpaired) electrons. The van der Waals surface area contributed by atoms with E-state index >= 15 is 0 Å². The van der Waals surface area contributed by atoms with E-state index in [1.165, 1.54) is 4.31 Å². The summed E-state index contributed by atoms with van der Waals surface area (Å²) in [5.74, 6) is -0.301. The van der Waals surface area contributed by atoms with Gasteiger partial charge in [-0.15, -0.1) is 0 Å². The monoisotopic (exact) mass is 523 g/mol. The number of carbonyl (C=O) groups excluding carboxylic acids is 1. The van der Waals surface area contributed by atoms with E-state index in [4.69, 9.17) is 4.74 Å². The fourth-order valence-electron chi connectivity index (χ4n) is 4.55. The van der Waals surface area contributed by atoms with Gasteiger partial charge < -0.3 is 14.7 Å². The second-order valence-corrected chi connectivity index (χ2v) is 11.5. The van der Waals surface area contributed by atoms with Crippen molar-refractivity contribution in [2.24, 2.45) is 5.92 Å². The summed E-state index contributed by atoms with van der Waals surface area (Å²) in [7, 11) is -2.27. The zero-order valence-corrected chi connectivity index (χ0v) is 22.4.